The van der Waals surface area contributed by atoms with Crippen molar-refractivity contribution in [2.75, 3.05) is 0 Å². The van der Waals surface area contributed by atoms with E-state index in [1.807, 2.05) is 0 Å². The summed E-state index contributed by atoms with van der Waals surface area (Å²) >= 11 is 0. The molecule has 0 amide bonds. The minimum atomic E-state index is -1.59. The molecule has 30 heavy (non-hydrogen) atoms. The zero-order valence-corrected chi connectivity index (χ0v) is 14.9. The van der Waals surface area contributed by atoms with Crippen LogP contribution in [-0.4, -0.2) is 22.2 Å². The minimum absolute atomic E-state index is 0.0234. The minimum Gasteiger partial charge on any atom is -0.475 e. The predicted molar refractivity (Wildman–Crippen MR) is 103 cm³/mol. The molecule has 2 aromatic carbocycles. The number of carboxylic acids is 2. The fourth-order valence-corrected chi connectivity index (χ4v) is 2.84. The SMILES string of the molecule is O=C(O)c1oc2ccccc2c(=O)c1/N=N/c1c(C(=O)O)oc2ccccc2c1=O. The average molecular weight is 406 g/mol. The summed E-state index contributed by atoms with van der Waals surface area (Å²) in [7, 11) is 0. The maximum Gasteiger partial charge on any atom is 0.374 e. The second-order valence-corrected chi connectivity index (χ2v) is 6.02. The molecule has 148 valence electrons. The number of para-hydroxylation sites is 2. The third-order valence-electron chi connectivity index (χ3n) is 4.19. The van der Waals surface area contributed by atoms with Crippen LogP contribution in [0.1, 0.15) is 21.1 Å². The molecule has 2 aromatic heterocycles. The molecule has 0 spiro atoms. The molecule has 0 bridgehead atoms. The smallest absolute Gasteiger partial charge is 0.374 e. The summed E-state index contributed by atoms with van der Waals surface area (Å²) in [6.45, 7) is 0. The number of aromatic carboxylic acids is 2. The molecule has 2 heterocycles. The topological polar surface area (TPSA) is 160 Å². The Morgan fingerprint density at radius 1 is 0.667 bits per heavy atom. The number of azo groups is 1. The van der Waals surface area contributed by atoms with Gasteiger partial charge in [0.1, 0.15) is 11.2 Å². The van der Waals surface area contributed by atoms with E-state index in [-0.39, 0.29) is 21.9 Å². The summed E-state index contributed by atoms with van der Waals surface area (Å²) in [5, 5.41) is 26.0. The summed E-state index contributed by atoms with van der Waals surface area (Å²) in [5.41, 5.74) is -2.94. The van der Waals surface area contributed by atoms with Crippen LogP contribution in [0.15, 0.2) is 77.2 Å². The lowest BCUT2D eigenvalue weighted by Crippen LogP contribution is -2.10. The number of hydrogen-bond acceptors (Lipinski definition) is 8. The van der Waals surface area contributed by atoms with E-state index in [0.29, 0.717) is 0 Å². The molecule has 4 rings (SSSR count). The van der Waals surface area contributed by atoms with E-state index in [0.717, 1.165) is 0 Å². The Morgan fingerprint density at radius 3 is 1.40 bits per heavy atom. The monoisotopic (exact) mass is 406 g/mol. The van der Waals surface area contributed by atoms with Crippen molar-refractivity contribution in [1.29, 1.82) is 0 Å². The van der Waals surface area contributed by atoms with Crippen LogP contribution in [0.5, 0.6) is 0 Å². The third-order valence-corrected chi connectivity index (χ3v) is 4.19. The van der Waals surface area contributed by atoms with E-state index in [1.165, 1.54) is 24.3 Å². The average Bonchev–Trinajstić information content (AvgIpc) is 2.73. The summed E-state index contributed by atoms with van der Waals surface area (Å²) in [4.78, 5) is 48.5. The van der Waals surface area contributed by atoms with Crippen LogP contribution in [0.3, 0.4) is 0 Å². The summed E-state index contributed by atoms with van der Waals surface area (Å²) in [6, 6.07) is 11.8. The summed E-state index contributed by atoms with van der Waals surface area (Å²) in [5.74, 6) is -4.78. The first-order valence-electron chi connectivity index (χ1n) is 8.38. The molecule has 0 saturated carbocycles. The number of carbonyl (C=O) groups is 2. The Labute approximate surface area is 165 Å². The molecular formula is C20H10N2O8. The van der Waals surface area contributed by atoms with Crippen LogP contribution in [0, 0.1) is 0 Å². The molecule has 0 atom stereocenters. The van der Waals surface area contributed by atoms with E-state index in [2.05, 4.69) is 10.2 Å². The molecular weight excluding hydrogens is 396 g/mol. The zero-order valence-electron chi connectivity index (χ0n) is 14.9. The highest BCUT2D eigenvalue weighted by atomic mass is 16.4. The number of rotatable bonds is 4. The van der Waals surface area contributed by atoms with Crippen molar-refractivity contribution < 1.29 is 28.6 Å². The zero-order chi connectivity index (χ0) is 21.4. The van der Waals surface area contributed by atoms with Crippen molar-refractivity contribution in [3.05, 3.63) is 80.5 Å². The van der Waals surface area contributed by atoms with Gasteiger partial charge in [-0.25, -0.2) is 9.59 Å². The van der Waals surface area contributed by atoms with Crippen LogP contribution < -0.4 is 10.9 Å². The number of nitrogens with zero attached hydrogens (tertiary/aromatic N) is 2. The maximum absolute atomic E-state index is 12.7. The molecule has 0 unspecified atom stereocenters. The van der Waals surface area contributed by atoms with E-state index in [1.54, 1.807) is 24.3 Å². The molecule has 0 aliphatic carbocycles. The maximum atomic E-state index is 12.7. The van der Waals surface area contributed by atoms with Crippen molar-refractivity contribution in [2.24, 2.45) is 10.2 Å². The lowest BCUT2D eigenvalue weighted by molar-refractivity contribution is 0.0654. The molecule has 0 aliphatic heterocycles. The standard InChI is InChI=1S/C20H10N2O8/c23-15-9-5-1-3-7-11(9)29-17(19(25)26)13(15)21-22-14-16(24)10-6-2-4-8-12(10)30-18(14)20(27)28/h1-8H,(H,25,26)(H,27,28)/b22-21+. The molecule has 0 saturated heterocycles. The fraction of sp³-hybridized carbons (Fsp3) is 0. The quantitative estimate of drug-likeness (QED) is 0.485. The van der Waals surface area contributed by atoms with Gasteiger partial charge in [0.05, 0.1) is 10.8 Å². The third kappa shape index (κ3) is 3.02. The number of benzene rings is 2. The number of fused-ring (bicyclic) bond motifs is 2. The lowest BCUT2D eigenvalue weighted by Gasteiger charge is -2.04. The van der Waals surface area contributed by atoms with Gasteiger partial charge in [0, 0.05) is 0 Å². The van der Waals surface area contributed by atoms with Gasteiger partial charge < -0.3 is 19.0 Å². The number of hydrogen-bond donors (Lipinski definition) is 2. The van der Waals surface area contributed by atoms with E-state index < -0.39 is 45.7 Å². The van der Waals surface area contributed by atoms with Crippen LogP contribution in [0.2, 0.25) is 0 Å². The first-order chi connectivity index (χ1) is 14.4. The van der Waals surface area contributed by atoms with Crippen molar-refractivity contribution in [1.82, 2.24) is 0 Å². The molecule has 10 heteroatoms. The van der Waals surface area contributed by atoms with E-state index in [9.17, 15) is 29.4 Å². The first kappa shape index (κ1) is 18.7. The van der Waals surface area contributed by atoms with E-state index >= 15 is 0 Å². The molecule has 2 N–H and O–H groups in total. The van der Waals surface area contributed by atoms with Crippen LogP contribution in [-0.2, 0) is 0 Å². The Balaban J connectivity index is 1.99. The van der Waals surface area contributed by atoms with Gasteiger partial charge in [-0.1, -0.05) is 24.3 Å². The van der Waals surface area contributed by atoms with Gasteiger partial charge in [0.15, 0.2) is 11.4 Å². The van der Waals surface area contributed by atoms with Gasteiger partial charge in [-0.05, 0) is 24.3 Å². The second-order valence-electron chi connectivity index (χ2n) is 6.02. The Kier molecular flexibility index (Phi) is 4.43. The van der Waals surface area contributed by atoms with Crippen LogP contribution in [0.4, 0.5) is 11.4 Å². The van der Waals surface area contributed by atoms with Gasteiger partial charge in [0.2, 0.25) is 22.4 Å². The fourth-order valence-electron chi connectivity index (χ4n) is 2.84. The summed E-state index contributed by atoms with van der Waals surface area (Å²) < 4.78 is 10.5. The molecule has 0 fully saturated rings. The molecule has 10 nitrogen and oxygen atoms in total. The van der Waals surface area contributed by atoms with Crippen molar-refractivity contribution in [3.8, 4) is 0 Å². The van der Waals surface area contributed by atoms with Crippen LogP contribution >= 0.6 is 0 Å². The largest absolute Gasteiger partial charge is 0.475 e. The highest BCUT2D eigenvalue weighted by molar-refractivity contribution is 5.95. The van der Waals surface area contributed by atoms with Gasteiger partial charge in [-0.3, -0.25) is 9.59 Å². The predicted octanol–water partition coefficient (Wildman–Crippen LogP) is 3.71. The molecule has 4 aromatic rings. The lowest BCUT2D eigenvalue weighted by atomic mass is 10.2. The molecule has 0 radical (unpaired) electrons. The second kappa shape index (κ2) is 7.09. The van der Waals surface area contributed by atoms with Crippen molar-refractivity contribution >= 4 is 45.3 Å². The summed E-state index contributed by atoms with van der Waals surface area (Å²) in [6.07, 6.45) is 0. The van der Waals surface area contributed by atoms with Crippen molar-refractivity contribution in [2.45, 2.75) is 0 Å². The van der Waals surface area contributed by atoms with Gasteiger partial charge >= 0.3 is 11.9 Å². The highest BCUT2D eigenvalue weighted by Crippen LogP contribution is 2.26. The van der Waals surface area contributed by atoms with E-state index in [4.69, 9.17) is 8.83 Å². The first-order valence-corrected chi connectivity index (χ1v) is 8.38. The normalized spacial score (nSPS) is 11.3. The number of carboxylic acid groups (broad SMARTS) is 2. The van der Waals surface area contributed by atoms with Crippen molar-refractivity contribution in [3.63, 3.8) is 0 Å². The highest BCUT2D eigenvalue weighted by Gasteiger charge is 2.23. The Morgan fingerprint density at radius 2 is 1.03 bits per heavy atom. The van der Waals surface area contributed by atoms with Crippen LogP contribution in [0.25, 0.3) is 21.9 Å². The Hall–Kier alpha value is -4.60. The van der Waals surface area contributed by atoms with Gasteiger partial charge in [-0.2, -0.15) is 0 Å². The van der Waals surface area contributed by atoms with Gasteiger partial charge in [-0.15, -0.1) is 10.2 Å². The molecule has 0 aliphatic rings. The Bertz CT molecular complexity index is 1380. The van der Waals surface area contributed by atoms with Gasteiger partial charge in [0.25, 0.3) is 0 Å².